The maximum atomic E-state index is 11.6. The van der Waals surface area contributed by atoms with Crippen molar-refractivity contribution in [1.29, 1.82) is 0 Å². The number of para-hydroxylation sites is 2. The molecule has 0 amide bonds. The first-order chi connectivity index (χ1) is 8.22. The highest BCUT2D eigenvalue weighted by molar-refractivity contribution is 5.72. The molecule has 1 heterocycles. The zero-order valence-electron chi connectivity index (χ0n) is 9.51. The Morgan fingerprint density at radius 3 is 2.94 bits per heavy atom. The Bertz CT molecular complexity index is 581. The van der Waals surface area contributed by atoms with Gasteiger partial charge in [0.15, 0.2) is 5.58 Å². The highest BCUT2D eigenvalue weighted by atomic mass is 16.5. The number of aromatic nitrogens is 1. The molecule has 5 nitrogen and oxygen atoms in total. The number of hydrogen-bond donors (Lipinski definition) is 0. The van der Waals surface area contributed by atoms with Crippen LogP contribution >= 0.6 is 0 Å². The van der Waals surface area contributed by atoms with Gasteiger partial charge in [-0.15, -0.1) is 0 Å². The topological polar surface area (TPSA) is 61.4 Å². The van der Waals surface area contributed by atoms with Crippen LogP contribution in [0.25, 0.3) is 11.1 Å². The molecular formula is C12H13NO4. The van der Waals surface area contributed by atoms with E-state index in [-0.39, 0.29) is 5.97 Å². The van der Waals surface area contributed by atoms with Crippen molar-refractivity contribution in [3.8, 4) is 0 Å². The van der Waals surface area contributed by atoms with Crippen molar-refractivity contribution in [2.24, 2.45) is 0 Å². The van der Waals surface area contributed by atoms with Crippen LogP contribution in [-0.2, 0) is 16.1 Å². The van der Waals surface area contributed by atoms with Gasteiger partial charge in [-0.05, 0) is 18.6 Å². The number of carbonyl (C=O) groups excluding carboxylic acids is 1. The molecular weight excluding hydrogens is 222 g/mol. The first-order valence-corrected chi connectivity index (χ1v) is 5.37. The molecule has 0 spiro atoms. The largest absolute Gasteiger partial charge is 0.469 e. The van der Waals surface area contributed by atoms with Crippen LogP contribution in [-0.4, -0.2) is 17.6 Å². The van der Waals surface area contributed by atoms with E-state index in [2.05, 4.69) is 4.74 Å². The Morgan fingerprint density at radius 1 is 1.41 bits per heavy atom. The van der Waals surface area contributed by atoms with Crippen LogP contribution in [0.5, 0.6) is 0 Å². The molecule has 2 aromatic rings. The number of benzene rings is 1. The third kappa shape index (κ3) is 2.38. The van der Waals surface area contributed by atoms with Gasteiger partial charge in [0.1, 0.15) is 0 Å². The quantitative estimate of drug-likeness (QED) is 0.754. The number of oxazole rings is 1. The lowest BCUT2D eigenvalue weighted by molar-refractivity contribution is -0.140. The van der Waals surface area contributed by atoms with E-state index in [0.29, 0.717) is 25.0 Å². The molecule has 17 heavy (non-hydrogen) atoms. The summed E-state index contributed by atoms with van der Waals surface area (Å²) in [4.78, 5) is 22.5. The molecule has 0 aliphatic carbocycles. The van der Waals surface area contributed by atoms with Crippen molar-refractivity contribution < 1.29 is 13.9 Å². The van der Waals surface area contributed by atoms with E-state index in [1.165, 1.54) is 11.7 Å². The van der Waals surface area contributed by atoms with E-state index in [9.17, 15) is 9.59 Å². The zero-order valence-corrected chi connectivity index (χ0v) is 9.51. The second-order valence-electron chi connectivity index (χ2n) is 3.67. The summed E-state index contributed by atoms with van der Waals surface area (Å²) in [5.41, 5.74) is 1.32. The van der Waals surface area contributed by atoms with Gasteiger partial charge >= 0.3 is 11.7 Å². The van der Waals surface area contributed by atoms with E-state index < -0.39 is 5.76 Å². The molecule has 0 fully saturated rings. The molecule has 0 saturated heterocycles. The van der Waals surface area contributed by atoms with Crippen LogP contribution < -0.4 is 5.76 Å². The fourth-order valence-electron chi connectivity index (χ4n) is 1.71. The Balaban J connectivity index is 2.15. The Morgan fingerprint density at radius 2 is 2.18 bits per heavy atom. The normalized spacial score (nSPS) is 10.6. The highest BCUT2D eigenvalue weighted by Crippen LogP contribution is 2.12. The first-order valence-electron chi connectivity index (χ1n) is 5.37. The number of fused-ring (bicyclic) bond motifs is 1. The molecule has 0 unspecified atom stereocenters. The summed E-state index contributed by atoms with van der Waals surface area (Å²) in [6.07, 6.45) is 0.846. The van der Waals surface area contributed by atoms with Crippen LogP contribution in [0.15, 0.2) is 33.5 Å². The average molecular weight is 235 g/mol. The minimum absolute atomic E-state index is 0.272. The average Bonchev–Trinajstić information content (AvgIpc) is 2.66. The molecule has 0 saturated carbocycles. The van der Waals surface area contributed by atoms with Gasteiger partial charge < -0.3 is 9.15 Å². The number of carbonyl (C=O) groups is 1. The van der Waals surface area contributed by atoms with Gasteiger partial charge in [0.2, 0.25) is 0 Å². The van der Waals surface area contributed by atoms with Gasteiger partial charge in [-0.2, -0.15) is 0 Å². The lowest BCUT2D eigenvalue weighted by Gasteiger charge is -2.01. The van der Waals surface area contributed by atoms with Gasteiger partial charge in [0, 0.05) is 13.0 Å². The van der Waals surface area contributed by atoms with Crippen molar-refractivity contribution in [3.63, 3.8) is 0 Å². The molecule has 0 bridgehead atoms. The molecule has 0 aliphatic rings. The molecule has 0 N–H and O–H groups in total. The van der Waals surface area contributed by atoms with Gasteiger partial charge in [-0.1, -0.05) is 12.1 Å². The van der Waals surface area contributed by atoms with Crippen molar-refractivity contribution in [2.45, 2.75) is 19.4 Å². The molecule has 0 aliphatic heterocycles. The standard InChI is InChI=1S/C12H13NO4/c1-16-11(14)7-4-8-13-9-5-2-3-6-10(9)17-12(13)15/h2-3,5-6H,4,7-8H2,1H3. The predicted molar refractivity (Wildman–Crippen MR) is 61.7 cm³/mol. The summed E-state index contributed by atoms with van der Waals surface area (Å²) < 4.78 is 11.1. The van der Waals surface area contributed by atoms with Gasteiger partial charge in [-0.3, -0.25) is 9.36 Å². The second-order valence-corrected chi connectivity index (χ2v) is 3.67. The number of rotatable bonds is 4. The third-order valence-corrected chi connectivity index (χ3v) is 2.56. The van der Waals surface area contributed by atoms with Crippen molar-refractivity contribution in [2.75, 3.05) is 7.11 Å². The molecule has 2 rings (SSSR count). The monoisotopic (exact) mass is 235 g/mol. The lowest BCUT2D eigenvalue weighted by Crippen LogP contribution is -2.15. The summed E-state index contributed by atoms with van der Waals surface area (Å²) in [7, 11) is 1.35. The number of esters is 1. The van der Waals surface area contributed by atoms with E-state index in [1.807, 2.05) is 18.2 Å². The van der Waals surface area contributed by atoms with Gasteiger partial charge in [0.05, 0.1) is 12.6 Å². The van der Waals surface area contributed by atoms with Gasteiger partial charge in [0.25, 0.3) is 0 Å². The second kappa shape index (κ2) is 4.86. The van der Waals surface area contributed by atoms with Crippen molar-refractivity contribution in [3.05, 3.63) is 34.8 Å². The Kier molecular flexibility index (Phi) is 3.27. The number of nitrogens with zero attached hydrogens (tertiary/aromatic N) is 1. The van der Waals surface area contributed by atoms with E-state index in [1.54, 1.807) is 6.07 Å². The van der Waals surface area contributed by atoms with Crippen LogP contribution in [0.3, 0.4) is 0 Å². The Hall–Kier alpha value is -2.04. The Labute approximate surface area is 97.6 Å². The van der Waals surface area contributed by atoms with Crippen LogP contribution in [0.4, 0.5) is 0 Å². The lowest BCUT2D eigenvalue weighted by atomic mass is 10.3. The maximum Gasteiger partial charge on any atom is 0.419 e. The molecule has 1 aromatic heterocycles. The fraction of sp³-hybridized carbons (Fsp3) is 0.333. The minimum Gasteiger partial charge on any atom is -0.469 e. The number of ether oxygens (including phenoxy) is 1. The summed E-state index contributed by atoms with van der Waals surface area (Å²) in [6.45, 7) is 0.449. The molecule has 0 radical (unpaired) electrons. The van der Waals surface area contributed by atoms with E-state index in [0.717, 1.165) is 5.52 Å². The van der Waals surface area contributed by atoms with E-state index in [4.69, 9.17) is 4.42 Å². The summed E-state index contributed by atoms with van der Waals surface area (Å²) >= 11 is 0. The number of methoxy groups -OCH3 is 1. The van der Waals surface area contributed by atoms with Crippen LogP contribution in [0, 0.1) is 0 Å². The highest BCUT2D eigenvalue weighted by Gasteiger charge is 2.08. The smallest absolute Gasteiger partial charge is 0.419 e. The van der Waals surface area contributed by atoms with Crippen LogP contribution in [0.1, 0.15) is 12.8 Å². The number of aryl methyl sites for hydroxylation is 1. The maximum absolute atomic E-state index is 11.6. The van der Waals surface area contributed by atoms with E-state index >= 15 is 0 Å². The predicted octanol–water partition coefficient (Wildman–Crippen LogP) is 1.55. The number of hydrogen-bond acceptors (Lipinski definition) is 4. The van der Waals surface area contributed by atoms with Gasteiger partial charge in [-0.25, -0.2) is 4.79 Å². The first kappa shape index (κ1) is 11.4. The summed E-state index contributed by atoms with van der Waals surface area (Å²) in [5.74, 6) is -0.665. The summed E-state index contributed by atoms with van der Waals surface area (Å²) in [6, 6.07) is 7.21. The fourth-order valence-corrected chi connectivity index (χ4v) is 1.71. The van der Waals surface area contributed by atoms with Crippen molar-refractivity contribution >= 4 is 17.1 Å². The molecule has 90 valence electrons. The SMILES string of the molecule is COC(=O)CCCn1c(=O)oc2ccccc21. The molecule has 5 heteroatoms. The molecule has 0 atom stereocenters. The minimum atomic E-state index is -0.393. The third-order valence-electron chi connectivity index (χ3n) is 2.56. The zero-order chi connectivity index (χ0) is 12.3. The van der Waals surface area contributed by atoms with Crippen molar-refractivity contribution in [1.82, 2.24) is 4.57 Å². The molecule has 1 aromatic carbocycles. The van der Waals surface area contributed by atoms with Crippen LogP contribution in [0.2, 0.25) is 0 Å². The summed E-state index contributed by atoms with van der Waals surface area (Å²) in [5, 5.41) is 0.